The van der Waals surface area contributed by atoms with E-state index in [2.05, 4.69) is 0 Å². The molecule has 0 bridgehead atoms. The zero-order valence-corrected chi connectivity index (χ0v) is 29.2. The Bertz CT molecular complexity index is 841. The minimum atomic E-state index is -2.31. The topological polar surface area (TPSA) is 565 Å². The number of aliphatic carboxylic acids is 4. The molecule has 16 unspecified atom stereocenters. The maximum atomic E-state index is 9.98. The van der Waals surface area contributed by atoms with E-state index >= 15 is 0 Å². The number of carbonyl (C=O) groups is 4. The molecular weight excluding hydrogens is 827 g/mol. The van der Waals surface area contributed by atoms with Gasteiger partial charge in [0.1, 0.15) is 97.7 Å². The van der Waals surface area contributed by atoms with Gasteiger partial charge in [0.05, 0.1) is 50.3 Å². The molecule has 53 heavy (non-hydrogen) atoms. The Balaban J connectivity index is -0.000000192. The molecule has 20 N–H and O–H groups in total. The number of rotatable bonds is 20. The van der Waals surface area contributed by atoms with Crippen LogP contribution in [0.15, 0.2) is 0 Å². The van der Waals surface area contributed by atoms with Crippen LogP contribution in [0.25, 0.3) is 0 Å². The van der Waals surface area contributed by atoms with Crippen LogP contribution in [0.4, 0.5) is 0 Å². The molecule has 0 aromatic rings. The molecule has 0 rings (SSSR count). The van der Waals surface area contributed by atoms with Crippen molar-refractivity contribution in [3.05, 3.63) is 0 Å². The van der Waals surface area contributed by atoms with Gasteiger partial charge in [-0.05, 0) is 0 Å². The Morgan fingerprint density at radius 2 is 0.415 bits per heavy atom. The van der Waals surface area contributed by atoms with Gasteiger partial charge in [0.15, 0.2) is 0 Å². The Kier molecular flexibility index (Phi) is 35.4. The molecular formula is C24H44O28Zr. The van der Waals surface area contributed by atoms with Crippen molar-refractivity contribution >= 4 is 23.9 Å². The molecule has 0 saturated carbocycles. The molecule has 0 spiro atoms. The van der Waals surface area contributed by atoms with Gasteiger partial charge in [-0.1, -0.05) is 0 Å². The normalized spacial score (nSPS) is 20.0. The van der Waals surface area contributed by atoms with Crippen LogP contribution in [-0.2, 0) is 45.4 Å². The molecule has 16 atom stereocenters. The number of carboxylic acids is 4. The van der Waals surface area contributed by atoms with Gasteiger partial charge in [-0.25, -0.2) is 0 Å². The van der Waals surface area contributed by atoms with Gasteiger partial charge in [-0.2, -0.15) is 0 Å². The van der Waals surface area contributed by atoms with E-state index in [4.69, 9.17) is 102 Å². The zero-order chi connectivity index (χ0) is 42.4. The number of aliphatic hydroxyl groups excluding tert-OH is 20. The summed E-state index contributed by atoms with van der Waals surface area (Å²) in [6.07, 6.45) is -32.3. The van der Waals surface area contributed by atoms with Gasteiger partial charge in [0, 0.05) is 0 Å². The standard InChI is InChI=1S/4C6H12O7.Zr/c4*7-1-2(8)3(9)4(10)5(11)6(12)13;/h4*2-5,7-11H,1H2,(H,12,13);/q;;;;+4/p-4. The van der Waals surface area contributed by atoms with Crippen molar-refractivity contribution in [2.24, 2.45) is 0 Å². The average Bonchev–Trinajstić information content (AvgIpc) is 3.12. The van der Waals surface area contributed by atoms with Crippen molar-refractivity contribution in [1.82, 2.24) is 0 Å². The predicted molar refractivity (Wildman–Crippen MR) is 144 cm³/mol. The van der Waals surface area contributed by atoms with Gasteiger partial charge >= 0.3 is 26.2 Å². The quantitative estimate of drug-likeness (QED) is 0.0540. The SMILES string of the molecule is O=C([O-])C(O)C(O)C(O)C(O)CO.O=C([O-])C(O)C(O)C(O)C(O)CO.O=C([O-])C(O)C(O)C(O)C(O)CO.O=C([O-])C(O)C(O)C(O)C(O)CO.[Zr+4]. The molecule has 0 saturated heterocycles. The summed E-state index contributed by atoms with van der Waals surface area (Å²) < 4.78 is 0. The van der Waals surface area contributed by atoms with Crippen LogP contribution in [0.1, 0.15) is 0 Å². The molecule has 312 valence electrons. The van der Waals surface area contributed by atoms with E-state index in [0.717, 1.165) is 0 Å². The first kappa shape index (κ1) is 60.2. The molecule has 0 aliphatic heterocycles. The van der Waals surface area contributed by atoms with E-state index in [-0.39, 0.29) is 26.2 Å². The molecule has 0 heterocycles. The minimum Gasteiger partial charge on any atom is -0.547 e. The average molecular weight is 872 g/mol. The molecule has 0 aliphatic carbocycles. The van der Waals surface area contributed by atoms with Gasteiger partial charge in [0.2, 0.25) is 0 Å². The van der Waals surface area contributed by atoms with Crippen LogP contribution < -0.4 is 20.4 Å². The third-order valence-electron chi connectivity index (χ3n) is 5.98. The van der Waals surface area contributed by atoms with Crippen molar-refractivity contribution < 1.29 is 168 Å². The summed E-state index contributed by atoms with van der Waals surface area (Å²) >= 11 is 0. The van der Waals surface area contributed by atoms with Crippen LogP contribution in [0.5, 0.6) is 0 Å². The summed E-state index contributed by atoms with van der Waals surface area (Å²) in [5.74, 6) is -7.90. The van der Waals surface area contributed by atoms with Crippen molar-refractivity contribution in [2.75, 3.05) is 26.4 Å². The molecule has 0 aliphatic rings. The Morgan fingerprint density at radius 1 is 0.302 bits per heavy atom. The van der Waals surface area contributed by atoms with E-state index in [1.165, 1.54) is 0 Å². The molecule has 28 nitrogen and oxygen atoms in total. The molecule has 0 radical (unpaired) electrons. The fraction of sp³-hybridized carbons (Fsp3) is 0.833. The maximum absolute atomic E-state index is 9.98. The predicted octanol–water partition coefficient (Wildman–Crippen LogP) is -19.3. The summed E-state index contributed by atoms with van der Waals surface area (Å²) in [5, 5.41) is 214. The first-order valence-electron chi connectivity index (χ1n) is 13.8. The molecule has 29 heteroatoms. The van der Waals surface area contributed by atoms with Crippen LogP contribution in [0.3, 0.4) is 0 Å². The van der Waals surface area contributed by atoms with Crippen LogP contribution in [0.2, 0.25) is 0 Å². The third kappa shape index (κ3) is 23.5. The van der Waals surface area contributed by atoms with E-state index in [9.17, 15) is 39.6 Å². The summed E-state index contributed by atoms with van der Waals surface area (Å²) in [5.41, 5.74) is 0. The van der Waals surface area contributed by atoms with Gasteiger partial charge in [-0.3, -0.25) is 0 Å². The summed E-state index contributed by atoms with van der Waals surface area (Å²) in [6.45, 7) is -3.45. The second-order valence-corrected chi connectivity index (χ2v) is 9.98. The fourth-order valence-corrected chi connectivity index (χ4v) is 2.65. The number of carbonyl (C=O) groups excluding carboxylic acids is 4. The number of aliphatic hydroxyl groups is 20. The van der Waals surface area contributed by atoms with Gasteiger partial charge in [-0.15, -0.1) is 0 Å². The van der Waals surface area contributed by atoms with Crippen LogP contribution >= 0.6 is 0 Å². The Labute approximate surface area is 315 Å². The summed E-state index contributed by atoms with van der Waals surface area (Å²) in [6, 6.07) is 0. The van der Waals surface area contributed by atoms with E-state index < -0.39 is 148 Å². The second kappa shape index (κ2) is 31.2. The Morgan fingerprint density at radius 3 is 0.491 bits per heavy atom. The smallest absolute Gasteiger partial charge is 0.547 e. The molecule has 0 amide bonds. The van der Waals surface area contributed by atoms with Crippen molar-refractivity contribution in [2.45, 2.75) is 97.7 Å². The first-order chi connectivity index (χ1) is 23.7. The van der Waals surface area contributed by atoms with Crippen molar-refractivity contribution in [1.29, 1.82) is 0 Å². The minimum absolute atomic E-state index is 0. The maximum Gasteiger partial charge on any atom is 4.00 e. The second-order valence-electron chi connectivity index (χ2n) is 9.98. The molecule has 0 aromatic heterocycles. The first-order valence-corrected chi connectivity index (χ1v) is 13.8. The largest absolute Gasteiger partial charge is 4.00 e. The van der Waals surface area contributed by atoms with Gasteiger partial charge in [0.25, 0.3) is 0 Å². The van der Waals surface area contributed by atoms with Gasteiger partial charge < -0.3 is 142 Å². The van der Waals surface area contributed by atoms with E-state index in [1.807, 2.05) is 0 Å². The number of carboxylic acid groups (broad SMARTS) is 4. The fourth-order valence-electron chi connectivity index (χ4n) is 2.65. The monoisotopic (exact) mass is 870 g/mol. The number of hydrogen-bond acceptors (Lipinski definition) is 28. The van der Waals surface area contributed by atoms with Crippen molar-refractivity contribution in [3.8, 4) is 0 Å². The van der Waals surface area contributed by atoms with Crippen LogP contribution in [0, 0.1) is 0 Å². The summed E-state index contributed by atoms with van der Waals surface area (Å²) in [7, 11) is 0. The molecule has 0 fully saturated rings. The number of hydrogen-bond donors (Lipinski definition) is 20. The van der Waals surface area contributed by atoms with Crippen molar-refractivity contribution in [3.63, 3.8) is 0 Å². The summed E-state index contributed by atoms with van der Waals surface area (Å²) in [4.78, 5) is 39.9. The zero-order valence-electron chi connectivity index (χ0n) is 26.8. The van der Waals surface area contributed by atoms with E-state index in [1.54, 1.807) is 0 Å². The third-order valence-corrected chi connectivity index (χ3v) is 5.98. The van der Waals surface area contributed by atoms with E-state index in [0.29, 0.717) is 0 Å². The molecule has 0 aromatic carbocycles. The van der Waals surface area contributed by atoms with Crippen LogP contribution in [-0.4, -0.2) is 250 Å². The Hall–Kier alpha value is -2.04.